The lowest BCUT2D eigenvalue weighted by molar-refractivity contribution is 0.0420. The molecule has 0 spiro atoms. The molecule has 146 valence electrons. The van der Waals surface area contributed by atoms with Crippen LogP contribution in [-0.2, 0) is 14.9 Å². The van der Waals surface area contributed by atoms with Crippen LogP contribution in [0.4, 0.5) is 0 Å². The summed E-state index contributed by atoms with van der Waals surface area (Å²) in [6.45, 7) is 4.11. The molecule has 3 rings (SSSR count). The minimum Gasteiger partial charge on any atom is -0.379 e. The molecule has 1 aliphatic heterocycles. The van der Waals surface area contributed by atoms with Gasteiger partial charge in [-0.15, -0.1) is 24.0 Å². The number of halogens is 2. The van der Waals surface area contributed by atoms with E-state index in [1.54, 1.807) is 0 Å². The lowest BCUT2D eigenvalue weighted by atomic mass is 9.96. The Morgan fingerprint density at radius 3 is 2.88 bits per heavy atom. The van der Waals surface area contributed by atoms with Crippen LogP contribution in [0.2, 0.25) is 0 Å². The summed E-state index contributed by atoms with van der Waals surface area (Å²) >= 11 is 3.57. The minimum absolute atomic E-state index is 0. The summed E-state index contributed by atoms with van der Waals surface area (Å²) in [6.07, 6.45) is 4.73. The van der Waals surface area contributed by atoms with E-state index >= 15 is 0 Å². The number of ether oxygens (including phenoxy) is 2. The molecule has 2 N–H and O–H groups in total. The van der Waals surface area contributed by atoms with Gasteiger partial charge in [0.1, 0.15) is 0 Å². The average Bonchev–Trinajstić information content (AvgIpc) is 3.24. The van der Waals surface area contributed by atoms with Gasteiger partial charge in [-0.2, -0.15) is 0 Å². The molecule has 1 heterocycles. The number of hydrogen-bond donors (Lipinski definition) is 2. The maximum atomic E-state index is 5.78. The number of hydrogen-bond acceptors (Lipinski definition) is 3. The summed E-state index contributed by atoms with van der Waals surface area (Å²) in [4.78, 5) is 4.33. The van der Waals surface area contributed by atoms with Gasteiger partial charge in [0.2, 0.25) is 0 Å². The topological polar surface area (TPSA) is 54.9 Å². The first kappa shape index (κ1) is 21.9. The highest BCUT2D eigenvalue weighted by atomic mass is 127. The molecule has 26 heavy (non-hydrogen) atoms. The molecule has 0 bridgehead atoms. The maximum Gasteiger partial charge on any atom is 0.191 e. The van der Waals surface area contributed by atoms with Crippen molar-refractivity contribution < 1.29 is 9.47 Å². The van der Waals surface area contributed by atoms with Crippen molar-refractivity contribution >= 4 is 45.9 Å². The second-order valence-corrected chi connectivity index (χ2v) is 7.77. The molecule has 0 amide bonds. The van der Waals surface area contributed by atoms with Gasteiger partial charge in [0, 0.05) is 43.2 Å². The number of benzene rings is 1. The monoisotopic (exact) mass is 537 g/mol. The SMILES string of the molecule is CN=C(NCCCOC1CCOC1)NCC1(c2cccc(Br)c2)CC1.I. The van der Waals surface area contributed by atoms with Crippen molar-refractivity contribution in [3.63, 3.8) is 0 Å². The fourth-order valence-electron chi connectivity index (χ4n) is 3.18. The van der Waals surface area contributed by atoms with E-state index in [0.717, 1.165) is 56.2 Å². The average molecular weight is 538 g/mol. The first-order valence-electron chi connectivity index (χ1n) is 9.12. The van der Waals surface area contributed by atoms with Crippen molar-refractivity contribution in [2.24, 2.45) is 4.99 Å². The number of nitrogens with zero attached hydrogens (tertiary/aromatic N) is 1. The standard InChI is InChI=1S/C19H28BrN3O2.HI/c1-21-18(22-9-3-10-25-17-6-11-24-13-17)23-14-19(7-8-19)15-4-2-5-16(20)12-15;/h2,4-5,12,17H,3,6-11,13-14H2,1H3,(H2,21,22,23);1H. The predicted molar refractivity (Wildman–Crippen MR) is 120 cm³/mol. The molecule has 1 atom stereocenters. The third kappa shape index (κ3) is 6.35. The van der Waals surface area contributed by atoms with Gasteiger partial charge < -0.3 is 20.1 Å². The van der Waals surface area contributed by atoms with Crippen LogP contribution in [-0.4, -0.2) is 52.0 Å². The van der Waals surface area contributed by atoms with Crippen molar-refractivity contribution in [3.05, 3.63) is 34.3 Å². The van der Waals surface area contributed by atoms with Gasteiger partial charge in [-0.3, -0.25) is 4.99 Å². The van der Waals surface area contributed by atoms with E-state index in [0.29, 0.717) is 0 Å². The lowest BCUT2D eigenvalue weighted by Gasteiger charge is -2.19. The van der Waals surface area contributed by atoms with Crippen molar-refractivity contribution in [2.45, 2.75) is 37.2 Å². The van der Waals surface area contributed by atoms with Crippen LogP contribution in [0.25, 0.3) is 0 Å². The quantitative estimate of drug-likeness (QED) is 0.231. The Kier molecular flexibility index (Phi) is 9.12. The van der Waals surface area contributed by atoms with Crippen LogP contribution in [0.5, 0.6) is 0 Å². The summed E-state index contributed by atoms with van der Waals surface area (Å²) < 4.78 is 12.2. The lowest BCUT2D eigenvalue weighted by Crippen LogP contribution is -2.41. The number of guanidine groups is 1. The Bertz CT molecular complexity index is 590. The number of rotatable bonds is 8. The predicted octanol–water partition coefficient (Wildman–Crippen LogP) is 3.46. The van der Waals surface area contributed by atoms with Gasteiger partial charge in [-0.05, 0) is 43.4 Å². The second-order valence-electron chi connectivity index (χ2n) is 6.85. The van der Waals surface area contributed by atoms with E-state index in [1.165, 1.54) is 18.4 Å². The molecular weight excluding hydrogens is 509 g/mol. The molecule has 1 aromatic rings. The molecule has 1 saturated heterocycles. The van der Waals surface area contributed by atoms with E-state index in [2.05, 4.69) is 55.8 Å². The Morgan fingerprint density at radius 1 is 1.38 bits per heavy atom. The molecule has 1 aliphatic carbocycles. The smallest absolute Gasteiger partial charge is 0.191 e. The largest absolute Gasteiger partial charge is 0.379 e. The summed E-state index contributed by atoms with van der Waals surface area (Å²) in [7, 11) is 1.82. The molecule has 2 aliphatic rings. The molecule has 1 saturated carbocycles. The highest BCUT2D eigenvalue weighted by Gasteiger charge is 2.44. The summed E-state index contributed by atoms with van der Waals surface area (Å²) in [6, 6.07) is 8.64. The molecule has 7 heteroatoms. The molecule has 5 nitrogen and oxygen atoms in total. The van der Waals surface area contributed by atoms with Crippen LogP contribution >= 0.6 is 39.9 Å². The Hall–Kier alpha value is -0.380. The van der Waals surface area contributed by atoms with E-state index in [-0.39, 0.29) is 35.5 Å². The molecule has 1 unspecified atom stereocenters. The van der Waals surface area contributed by atoms with Gasteiger partial charge in [-0.1, -0.05) is 28.1 Å². The Morgan fingerprint density at radius 2 is 2.23 bits per heavy atom. The van der Waals surface area contributed by atoms with Gasteiger partial charge in [0.05, 0.1) is 12.7 Å². The zero-order chi connectivity index (χ0) is 17.5. The minimum atomic E-state index is 0. The zero-order valence-electron chi connectivity index (χ0n) is 15.3. The highest BCUT2D eigenvalue weighted by Crippen LogP contribution is 2.48. The normalized spacial score (nSPS) is 21.2. The Labute approximate surface area is 181 Å². The van der Waals surface area contributed by atoms with Crippen LogP contribution in [0.3, 0.4) is 0 Å². The fourth-order valence-corrected chi connectivity index (χ4v) is 3.58. The molecule has 0 radical (unpaired) electrons. The third-order valence-corrected chi connectivity index (χ3v) is 5.46. The van der Waals surface area contributed by atoms with Gasteiger partial charge in [0.25, 0.3) is 0 Å². The van der Waals surface area contributed by atoms with E-state index in [1.807, 2.05) is 7.05 Å². The van der Waals surface area contributed by atoms with Crippen LogP contribution in [0.1, 0.15) is 31.2 Å². The van der Waals surface area contributed by atoms with Crippen molar-refractivity contribution in [2.75, 3.05) is 40.0 Å². The third-order valence-electron chi connectivity index (χ3n) is 4.96. The molecular formula is C19H29BrIN3O2. The van der Waals surface area contributed by atoms with E-state index in [4.69, 9.17) is 9.47 Å². The first-order valence-corrected chi connectivity index (χ1v) is 9.91. The summed E-state index contributed by atoms with van der Waals surface area (Å²) in [5.41, 5.74) is 1.66. The molecule has 2 fully saturated rings. The van der Waals surface area contributed by atoms with E-state index < -0.39 is 0 Å². The van der Waals surface area contributed by atoms with Crippen LogP contribution < -0.4 is 10.6 Å². The number of aliphatic imine (C=N–C) groups is 1. The molecule has 1 aromatic carbocycles. The fraction of sp³-hybridized carbons (Fsp3) is 0.632. The maximum absolute atomic E-state index is 5.78. The Balaban J connectivity index is 0.00000243. The molecule has 0 aromatic heterocycles. The summed E-state index contributed by atoms with van der Waals surface area (Å²) in [5.74, 6) is 0.866. The van der Waals surface area contributed by atoms with Gasteiger partial charge >= 0.3 is 0 Å². The van der Waals surface area contributed by atoms with Crippen molar-refractivity contribution in [1.29, 1.82) is 0 Å². The van der Waals surface area contributed by atoms with Gasteiger partial charge in [-0.25, -0.2) is 0 Å². The second kappa shape index (κ2) is 10.8. The zero-order valence-corrected chi connectivity index (χ0v) is 19.2. The van der Waals surface area contributed by atoms with Gasteiger partial charge in [0.15, 0.2) is 5.96 Å². The van der Waals surface area contributed by atoms with Crippen molar-refractivity contribution in [3.8, 4) is 0 Å². The number of nitrogens with one attached hydrogen (secondary N) is 2. The van der Waals surface area contributed by atoms with Crippen LogP contribution in [0.15, 0.2) is 33.7 Å². The highest BCUT2D eigenvalue weighted by molar-refractivity contribution is 14.0. The van der Waals surface area contributed by atoms with Crippen LogP contribution in [0, 0.1) is 0 Å². The summed E-state index contributed by atoms with van der Waals surface area (Å²) in [5, 5.41) is 6.86. The first-order chi connectivity index (χ1) is 12.2. The van der Waals surface area contributed by atoms with Crippen molar-refractivity contribution in [1.82, 2.24) is 10.6 Å². The van der Waals surface area contributed by atoms with E-state index in [9.17, 15) is 0 Å².